The number of nitrogens with zero attached hydrogens (tertiary/aromatic N) is 3. The van der Waals surface area contributed by atoms with E-state index in [1.807, 2.05) is 77.3 Å². The van der Waals surface area contributed by atoms with Gasteiger partial charge in [0.2, 0.25) is 0 Å². The van der Waals surface area contributed by atoms with Crippen LogP contribution in [0.2, 0.25) is 0 Å². The third-order valence-corrected chi connectivity index (χ3v) is 7.09. The molecule has 0 fully saturated rings. The van der Waals surface area contributed by atoms with Crippen molar-refractivity contribution in [2.24, 2.45) is 0 Å². The predicted octanol–water partition coefficient (Wildman–Crippen LogP) is 6.51. The first-order valence-corrected chi connectivity index (χ1v) is 13.0. The van der Waals surface area contributed by atoms with E-state index in [0.717, 1.165) is 71.3 Å². The van der Waals surface area contributed by atoms with Gasteiger partial charge in [0.1, 0.15) is 34.4 Å². The largest absolute Gasteiger partial charge is 0.497 e. The lowest BCUT2D eigenvalue weighted by atomic mass is 9.98. The molecule has 0 unspecified atom stereocenters. The predicted molar refractivity (Wildman–Crippen MR) is 151 cm³/mol. The molecule has 7 heteroatoms. The Bertz CT molecular complexity index is 1540. The Morgan fingerprint density at radius 1 is 0.919 bits per heavy atom. The molecule has 0 atom stereocenters. The zero-order chi connectivity index (χ0) is 25.2. The quantitative estimate of drug-likeness (QED) is 0.254. The number of rotatable bonds is 7. The topological polar surface area (TPSA) is 52.7 Å². The minimum absolute atomic E-state index is 0.390. The van der Waals surface area contributed by atoms with Gasteiger partial charge < -0.3 is 19.4 Å². The number of ether oxygens (including phenoxy) is 2. The maximum atomic E-state index is 6.12. The fraction of sp³-hybridized carbons (Fsp3) is 0.200. The number of para-hydroxylation sites is 2. The summed E-state index contributed by atoms with van der Waals surface area (Å²) in [6.45, 7) is 1.29. The summed E-state index contributed by atoms with van der Waals surface area (Å²) in [7, 11) is 1.69. The summed E-state index contributed by atoms with van der Waals surface area (Å²) in [5.74, 6) is 2.55. The van der Waals surface area contributed by atoms with Crippen molar-refractivity contribution in [2.45, 2.75) is 32.4 Å². The number of benzene rings is 3. The molecule has 0 bridgehead atoms. The van der Waals surface area contributed by atoms with E-state index in [1.165, 1.54) is 5.56 Å². The first-order chi connectivity index (χ1) is 18.2. The Morgan fingerprint density at radius 3 is 2.38 bits per heavy atom. The Labute approximate surface area is 221 Å². The van der Waals surface area contributed by atoms with E-state index < -0.39 is 0 Å². The van der Waals surface area contributed by atoms with Crippen LogP contribution in [0.15, 0.2) is 84.9 Å². The number of hydrogen-bond donors (Lipinski definition) is 1. The lowest BCUT2D eigenvalue weighted by Gasteiger charge is -2.12. The molecule has 0 saturated heterocycles. The van der Waals surface area contributed by atoms with Gasteiger partial charge in [-0.25, -0.2) is 4.52 Å². The summed E-state index contributed by atoms with van der Waals surface area (Å²) >= 11 is 6.04. The molecular weight excluding hydrogens is 480 g/mol. The van der Waals surface area contributed by atoms with Crippen LogP contribution < -0.4 is 14.8 Å². The molecule has 37 heavy (non-hydrogen) atoms. The van der Waals surface area contributed by atoms with Gasteiger partial charge in [0.05, 0.1) is 7.11 Å². The van der Waals surface area contributed by atoms with E-state index in [-0.39, 0.29) is 0 Å². The molecule has 1 aliphatic rings. The standard InChI is InChI=1S/C30H28N4O2S/c1-35-23-17-15-21(16-18-23)27-25-14-8-9-19-33-26(20-36-24-12-6-3-7-13-24)32-34(30(25)33)28(27)29(37)31-22-10-4-2-5-11-22/h2-7,10-13,15-18H,8-9,14,19-20H2,1H3,(H,31,37). The van der Waals surface area contributed by atoms with Crippen LogP contribution in [0.3, 0.4) is 0 Å². The molecule has 3 heterocycles. The first-order valence-electron chi connectivity index (χ1n) is 12.5. The van der Waals surface area contributed by atoms with Crippen molar-refractivity contribution in [3.8, 4) is 22.6 Å². The molecule has 0 aliphatic carbocycles. The maximum Gasteiger partial charge on any atom is 0.169 e. The van der Waals surface area contributed by atoms with Crippen molar-refractivity contribution in [3.63, 3.8) is 0 Å². The van der Waals surface area contributed by atoms with Crippen molar-refractivity contribution >= 4 is 28.5 Å². The summed E-state index contributed by atoms with van der Waals surface area (Å²) in [4.78, 5) is 0.638. The summed E-state index contributed by atoms with van der Waals surface area (Å²) in [5, 5.41) is 8.53. The Hall–Kier alpha value is -4.10. The van der Waals surface area contributed by atoms with Gasteiger partial charge in [-0.3, -0.25) is 0 Å². The van der Waals surface area contributed by atoms with Crippen LogP contribution >= 0.6 is 12.2 Å². The zero-order valence-electron chi connectivity index (χ0n) is 20.7. The van der Waals surface area contributed by atoms with Gasteiger partial charge in [-0.2, -0.15) is 0 Å². The van der Waals surface area contributed by atoms with Gasteiger partial charge in [0.25, 0.3) is 0 Å². The van der Waals surface area contributed by atoms with Crippen LogP contribution in [0.1, 0.15) is 29.9 Å². The van der Waals surface area contributed by atoms with E-state index in [0.29, 0.717) is 11.6 Å². The van der Waals surface area contributed by atoms with E-state index in [1.54, 1.807) is 7.11 Å². The Kier molecular flexibility index (Phi) is 6.37. The second-order valence-electron chi connectivity index (χ2n) is 9.11. The molecule has 6 rings (SSSR count). The Morgan fingerprint density at radius 2 is 1.65 bits per heavy atom. The molecule has 1 aliphatic heterocycles. The fourth-order valence-electron chi connectivity index (χ4n) is 5.07. The number of nitrogens with one attached hydrogen (secondary N) is 1. The lowest BCUT2D eigenvalue weighted by Crippen LogP contribution is -2.15. The molecule has 0 amide bonds. The lowest BCUT2D eigenvalue weighted by molar-refractivity contribution is 0.288. The van der Waals surface area contributed by atoms with Crippen LogP contribution in [0.4, 0.5) is 5.69 Å². The number of thiocarbonyl (C=S) groups is 1. The molecule has 1 N–H and O–H groups in total. The molecule has 6 nitrogen and oxygen atoms in total. The van der Waals surface area contributed by atoms with Crippen molar-refractivity contribution in [3.05, 3.63) is 102 Å². The van der Waals surface area contributed by atoms with Crippen LogP contribution in [-0.2, 0) is 19.6 Å². The highest BCUT2D eigenvalue weighted by Gasteiger charge is 2.29. The normalized spacial score (nSPS) is 12.8. The second kappa shape index (κ2) is 10.1. The zero-order valence-corrected chi connectivity index (χ0v) is 21.5. The first kappa shape index (κ1) is 23.3. The molecule has 3 aromatic carbocycles. The van der Waals surface area contributed by atoms with Gasteiger partial charge >= 0.3 is 0 Å². The van der Waals surface area contributed by atoms with Gasteiger partial charge in [-0.05, 0) is 61.2 Å². The van der Waals surface area contributed by atoms with Crippen molar-refractivity contribution in [1.29, 1.82) is 0 Å². The molecule has 186 valence electrons. The van der Waals surface area contributed by atoms with Gasteiger partial charge in [-0.1, -0.05) is 60.7 Å². The van der Waals surface area contributed by atoms with Crippen LogP contribution in [-0.4, -0.2) is 26.3 Å². The second-order valence-corrected chi connectivity index (χ2v) is 9.52. The number of aryl methyl sites for hydroxylation is 2. The number of hydrogen-bond acceptors (Lipinski definition) is 4. The fourth-order valence-corrected chi connectivity index (χ4v) is 5.37. The van der Waals surface area contributed by atoms with Gasteiger partial charge in [0, 0.05) is 23.4 Å². The Balaban J connectivity index is 1.50. The molecule has 0 radical (unpaired) electrons. The highest BCUT2D eigenvalue weighted by Crippen LogP contribution is 2.38. The molecule has 0 spiro atoms. The van der Waals surface area contributed by atoms with Crippen molar-refractivity contribution in [2.75, 3.05) is 12.4 Å². The van der Waals surface area contributed by atoms with Crippen LogP contribution in [0.25, 0.3) is 16.8 Å². The molecule has 5 aromatic rings. The van der Waals surface area contributed by atoms with Crippen molar-refractivity contribution in [1.82, 2.24) is 14.2 Å². The minimum Gasteiger partial charge on any atom is -0.497 e. The minimum atomic E-state index is 0.390. The molecule has 0 saturated carbocycles. The van der Waals surface area contributed by atoms with E-state index >= 15 is 0 Å². The molecule has 2 aromatic heterocycles. The third-order valence-electron chi connectivity index (χ3n) is 6.80. The highest BCUT2D eigenvalue weighted by molar-refractivity contribution is 7.81. The average molecular weight is 509 g/mol. The third kappa shape index (κ3) is 4.47. The smallest absolute Gasteiger partial charge is 0.169 e. The number of aromatic nitrogens is 3. The maximum absolute atomic E-state index is 6.12. The summed E-state index contributed by atoms with van der Waals surface area (Å²) < 4.78 is 15.9. The van der Waals surface area contributed by atoms with E-state index in [2.05, 4.69) is 22.0 Å². The summed E-state index contributed by atoms with van der Waals surface area (Å²) in [6.07, 6.45) is 3.15. The van der Waals surface area contributed by atoms with Crippen LogP contribution in [0, 0.1) is 0 Å². The van der Waals surface area contributed by atoms with Crippen LogP contribution in [0.5, 0.6) is 11.5 Å². The molecular formula is C30H28N4O2S. The van der Waals surface area contributed by atoms with E-state index in [4.69, 9.17) is 26.8 Å². The van der Waals surface area contributed by atoms with Gasteiger partial charge in [0.15, 0.2) is 5.82 Å². The highest BCUT2D eigenvalue weighted by atomic mass is 32.1. The van der Waals surface area contributed by atoms with E-state index in [9.17, 15) is 0 Å². The summed E-state index contributed by atoms with van der Waals surface area (Å²) in [6, 6.07) is 28.1. The monoisotopic (exact) mass is 508 g/mol. The number of anilines is 1. The van der Waals surface area contributed by atoms with Crippen molar-refractivity contribution < 1.29 is 9.47 Å². The van der Waals surface area contributed by atoms with Gasteiger partial charge in [-0.15, -0.1) is 5.10 Å². The number of methoxy groups -OCH3 is 1. The summed E-state index contributed by atoms with van der Waals surface area (Å²) in [5.41, 5.74) is 6.45. The average Bonchev–Trinajstić information content (AvgIpc) is 3.35. The SMILES string of the molecule is COc1ccc(-c2c3c4n(c(COc5ccccc5)nn4c2C(=S)Nc2ccccc2)CCCC3)cc1.